The van der Waals surface area contributed by atoms with Crippen LogP contribution in [0.4, 0.5) is 4.79 Å². The van der Waals surface area contributed by atoms with Crippen molar-refractivity contribution < 1.29 is 23.9 Å². The van der Waals surface area contributed by atoms with E-state index in [-0.39, 0.29) is 11.9 Å². The van der Waals surface area contributed by atoms with Gasteiger partial charge in [0.2, 0.25) is 17.7 Å². The van der Waals surface area contributed by atoms with Gasteiger partial charge in [-0.05, 0) is 70.6 Å². The predicted molar refractivity (Wildman–Crippen MR) is 161 cm³/mol. The SMILES string of the molecule is CCCCCCCN(C(=O)C(CC(N)=O)NC(=O)OC(C)(C)C)C(C(=O)NC1CCCCC1)c1c(C)cccc1C. The Morgan fingerprint density at radius 3 is 2.17 bits per heavy atom. The van der Waals surface area contributed by atoms with Crippen molar-refractivity contribution in [3.8, 4) is 0 Å². The molecule has 0 aromatic heterocycles. The lowest BCUT2D eigenvalue weighted by Crippen LogP contribution is -2.55. The van der Waals surface area contributed by atoms with Crippen LogP contribution in [0.15, 0.2) is 18.2 Å². The summed E-state index contributed by atoms with van der Waals surface area (Å²) in [7, 11) is 0. The summed E-state index contributed by atoms with van der Waals surface area (Å²) >= 11 is 0. The largest absolute Gasteiger partial charge is 0.444 e. The maximum Gasteiger partial charge on any atom is 0.408 e. The van der Waals surface area contributed by atoms with Crippen molar-refractivity contribution in [3.63, 3.8) is 0 Å². The molecule has 1 aliphatic rings. The molecule has 0 aliphatic heterocycles. The number of hydrogen-bond donors (Lipinski definition) is 3. The number of alkyl carbamates (subject to hydrolysis) is 1. The lowest BCUT2D eigenvalue weighted by atomic mass is 9.91. The fourth-order valence-electron chi connectivity index (χ4n) is 5.52. The molecule has 2 atom stereocenters. The second-order valence-corrected chi connectivity index (χ2v) is 12.4. The molecule has 0 saturated heterocycles. The Kier molecular flexibility index (Phi) is 13.6. The average Bonchev–Trinajstić information content (AvgIpc) is 2.87. The number of benzene rings is 1. The number of hydrogen-bond acceptors (Lipinski definition) is 5. The molecule has 1 fully saturated rings. The summed E-state index contributed by atoms with van der Waals surface area (Å²) in [6.45, 7) is 11.5. The van der Waals surface area contributed by atoms with E-state index in [9.17, 15) is 19.2 Å². The highest BCUT2D eigenvalue weighted by atomic mass is 16.6. The Morgan fingerprint density at radius 2 is 1.61 bits per heavy atom. The van der Waals surface area contributed by atoms with Gasteiger partial charge in [0.1, 0.15) is 17.7 Å². The van der Waals surface area contributed by atoms with Crippen molar-refractivity contribution in [1.82, 2.24) is 15.5 Å². The molecule has 9 heteroatoms. The molecule has 0 bridgehead atoms. The standard InChI is InChI=1S/C32H52N4O5/c1-7-8-9-10-14-20-36(30(39)25(21-26(33)37)35-31(40)41-32(4,5)6)28(27-22(2)16-15-17-23(27)3)29(38)34-24-18-12-11-13-19-24/h15-17,24-25,28H,7-14,18-21H2,1-6H3,(H2,33,37)(H,34,38)(H,35,40). The van der Waals surface area contributed by atoms with Crippen LogP contribution in [0.1, 0.15) is 121 Å². The average molecular weight is 573 g/mol. The van der Waals surface area contributed by atoms with Gasteiger partial charge in [-0.15, -0.1) is 0 Å². The summed E-state index contributed by atoms with van der Waals surface area (Å²) in [5, 5.41) is 5.80. The molecule has 1 saturated carbocycles. The third-order valence-electron chi connectivity index (χ3n) is 7.51. The Bertz CT molecular complexity index is 1010. The first-order valence-corrected chi connectivity index (χ1v) is 15.3. The van der Waals surface area contributed by atoms with Crippen molar-refractivity contribution in [3.05, 3.63) is 34.9 Å². The number of nitrogens with two attached hydrogens (primary N) is 1. The summed E-state index contributed by atoms with van der Waals surface area (Å²) in [5.41, 5.74) is 7.27. The van der Waals surface area contributed by atoms with Crippen molar-refractivity contribution in [1.29, 1.82) is 0 Å². The Labute approximate surface area is 246 Å². The monoisotopic (exact) mass is 572 g/mol. The van der Waals surface area contributed by atoms with Crippen LogP contribution >= 0.6 is 0 Å². The molecule has 0 spiro atoms. The molecular formula is C32H52N4O5. The molecule has 1 aliphatic carbocycles. The van der Waals surface area contributed by atoms with Gasteiger partial charge in [-0.1, -0.05) is 70.1 Å². The molecule has 0 heterocycles. The minimum Gasteiger partial charge on any atom is -0.444 e. The van der Waals surface area contributed by atoms with E-state index in [4.69, 9.17) is 10.5 Å². The second-order valence-electron chi connectivity index (χ2n) is 12.4. The van der Waals surface area contributed by atoms with Gasteiger partial charge in [0.15, 0.2) is 0 Å². The minimum absolute atomic E-state index is 0.0471. The fourth-order valence-corrected chi connectivity index (χ4v) is 5.52. The highest BCUT2D eigenvalue weighted by molar-refractivity contribution is 5.95. The number of carbonyl (C=O) groups is 4. The zero-order valence-electron chi connectivity index (χ0n) is 26.0. The summed E-state index contributed by atoms with van der Waals surface area (Å²) in [6.07, 6.45) is 8.59. The summed E-state index contributed by atoms with van der Waals surface area (Å²) in [5.74, 6) is -1.51. The molecule has 1 aromatic carbocycles. The number of ether oxygens (including phenoxy) is 1. The first kappa shape index (κ1) is 34.1. The minimum atomic E-state index is -1.27. The second kappa shape index (κ2) is 16.4. The van der Waals surface area contributed by atoms with Crippen molar-refractivity contribution >= 4 is 23.8 Å². The van der Waals surface area contributed by atoms with Crippen LogP contribution in [0.3, 0.4) is 0 Å². The van der Waals surface area contributed by atoms with Crippen LogP contribution in [0.25, 0.3) is 0 Å². The third-order valence-corrected chi connectivity index (χ3v) is 7.51. The quantitative estimate of drug-likeness (QED) is 0.258. The van der Waals surface area contributed by atoms with Gasteiger partial charge in [0, 0.05) is 12.6 Å². The van der Waals surface area contributed by atoms with Gasteiger partial charge in [0.05, 0.1) is 6.42 Å². The molecule has 9 nitrogen and oxygen atoms in total. The molecule has 1 aromatic rings. The van der Waals surface area contributed by atoms with E-state index in [1.807, 2.05) is 32.0 Å². The van der Waals surface area contributed by atoms with E-state index in [1.165, 1.54) is 0 Å². The van der Waals surface area contributed by atoms with Gasteiger partial charge in [-0.25, -0.2) is 4.79 Å². The molecule has 4 N–H and O–H groups in total. The Morgan fingerprint density at radius 1 is 1.00 bits per heavy atom. The van der Waals surface area contributed by atoms with Crippen LogP contribution in [-0.2, 0) is 19.1 Å². The molecule has 4 amide bonds. The van der Waals surface area contributed by atoms with Crippen molar-refractivity contribution in [2.24, 2.45) is 5.73 Å². The number of amides is 4. The number of rotatable bonds is 14. The van der Waals surface area contributed by atoms with E-state index in [1.54, 1.807) is 25.7 Å². The smallest absolute Gasteiger partial charge is 0.408 e. The van der Waals surface area contributed by atoms with Crippen molar-refractivity contribution in [2.75, 3.05) is 6.54 Å². The molecule has 41 heavy (non-hydrogen) atoms. The highest BCUT2D eigenvalue weighted by Gasteiger charge is 2.38. The van der Waals surface area contributed by atoms with Crippen LogP contribution < -0.4 is 16.4 Å². The number of unbranched alkanes of at least 4 members (excludes halogenated alkanes) is 4. The third kappa shape index (κ3) is 11.4. The van der Waals surface area contributed by atoms with Gasteiger partial charge in [-0.2, -0.15) is 0 Å². The van der Waals surface area contributed by atoms with Crippen LogP contribution in [0.5, 0.6) is 0 Å². The normalized spacial score (nSPS) is 15.5. The Hall–Kier alpha value is -3.10. The van der Waals surface area contributed by atoms with Gasteiger partial charge in [0.25, 0.3) is 0 Å². The van der Waals surface area contributed by atoms with Crippen molar-refractivity contribution in [2.45, 2.75) is 136 Å². The van der Waals surface area contributed by atoms with E-state index in [0.29, 0.717) is 13.0 Å². The highest BCUT2D eigenvalue weighted by Crippen LogP contribution is 2.30. The molecule has 2 unspecified atom stereocenters. The van der Waals surface area contributed by atoms with Gasteiger partial charge < -0.3 is 26.0 Å². The van der Waals surface area contributed by atoms with Gasteiger partial charge >= 0.3 is 6.09 Å². The zero-order chi connectivity index (χ0) is 30.6. The zero-order valence-corrected chi connectivity index (χ0v) is 26.0. The van der Waals surface area contributed by atoms with Crippen LogP contribution in [-0.4, -0.2) is 52.9 Å². The van der Waals surface area contributed by atoms with E-state index < -0.39 is 42.0 Å². The maximum absolute atomic E-state index is 14.3. The topological polar surface area (TPSA) is 131 Å². The molecule has 230 valence electrons. The summed E-state index contributed by atoms with van der Waals surface area (Å²) in [4.78, 5) is 54.8. The first-order chi connectivity index (χ1) is 19.3. The van der Waals surface area contributed by atoms with Gasteiger partial charge in [-0.3, -0.25) is 14.4 Å². The summed E-state index contributed by atoms with van der Waals surface area (Å²) < 4.78 is 5.38. The maximum atomic E-state index is 14.3. The number of primary amides is 1. The number of nitrogens with one attached hydrogen (secondary N) is 2. The van der Waals surface area contributed by atoms with Crippen LogP contribution in [0.2, 0.25) is 0 Å². The number of carbonyl (C=O) groups excluding carboxylic acids is 4. The predicted octanol–water partition coefficient (Wildman–Crippen LogP) is 5.36. The first-order valence-electron chi connectivity index (χ1n) is 15.3. The lowest BCUT2D eigenvalue weighted by molar-refractivity contribution is -0.143. The molecule has 2 rings (SSSR count). The lowest BCUT2D eigenvalue weighted by Gasteiger charge is -2.36. The van der Waals surface area contributed by atoms with Crippen LogP contribution in [0, 0.1) is 13.8 Å². The molecular weight excluding hydrogens is 520 g/mol. The summed E-state index contributed by atoms with van der Waals surface area (Å²) in [6, 6.07) is 3.66. The Balaban J connectivity index is 2.53. The fraction of sp³-hybridized carbons (Fsp3) is 0.688. The van der Waals surface area contributed by atoms with E-state index in [0.717, 1.165) is 74.5 Å². The van der Waals surface area contributed by atoms with E-state index >= 15 is 0 Å². The van der Waals surface area contributed by atoms with E-state index in [2.05, 4.69) is 17.6 Å². The molecule has 0 radical (unpaired) electrons. The number of aryl methyl sites for hydroxylation is 2. The number of nitrogens with zero attached hydrogens (tertiary/aromatic N) is 1.